The molecule has 1 atom stereocenters. The molecule has 0 spiro atoms. The molecule has 0 aliphatic carbocycles. The van der Waals surface area contributed by atoms with Crippen molar-refractivity contribution in [2.75, 3.05) is 7.05 Å². The van der Waals surface area contributed by atoms with Crippen LogP contribution < -0.4 is 5.32 Å². The first-order valence-corrected chi connectivity index (χ1v) is 5.37. The quantitative estimate of drug-likeness (QED) is 0.844. The van der Waals surface area contributed by atoms with E-state index in [4.69, 9.17) is 0 Å². The topological polar surface area (TPSA) is 37.8 Å². The van der Waals surface area contributed by atoms with Gasteiger partial charge in [0.25, 0.3) is 0 Å². The summed E-state index contributed by atoms with van der Waals surface area (Å²) in [6, 6.07) is 10.3. The van der Waals surface area contributed by atoms with E-state index in [0.717, 1.165) is 12.1 Å². The third-order valence-corrected chi connectivity index (χ3v) is 2.57. The molecule has 0 aliphatic heterocycles. The van der Waals surface area contributed by atoms with E-state index in [2.05, 4.69) is 21.4 Å². The monoisotopic (exact) mass is 213 g/mol. The van der Waals surface area contributed by atoms with Crippen LogP contribution in [0.25, 0.3) is 0 Å². The van der Waals surface area contributed by atoms with Crippen molar-refractivity contribution < 1.29 is 0 Å². The molecule has 0 amide bonds. The van der Waals surface area contributed by atoms with Gasteiger partial charge in [-0.15, -0.1) is 0 Å². The summed E-state index contributed by atoms with van der Waals surface area (Å²) < 4.78 is 0. The summed E-state index contributed by atoms with van der Waals surface area (Å²) in [4.78, 5) is 8.47. The second-order valence-electron chi connectivity index (χ2n) is 3.65. The Kier molecular flexibility index (Phi) is 3.62. The molecule has 0 aromatic carbocycles. The summed E-state index contributed by atoms with van der Waals surface area (Å²) in [7, 11) is 1.96. The number of rotatable bonds is 4. The SMILES string of the molecule is CNC(Cc1ccccn1)c1cccnc1. The van der Waals surface area contributed by atoms with E-state index in [1.165, 1.54) is 5.56 Å². The lowest BCUT2D eigenvalue weighted by Crippen LogP contribution is -2.19. The van der Waals surface area contributed by atoms with Crippen molar-refractivity contribution in [3.8, 4) is 0 Å². The van der Waals surface area contributed by atoms with Gasteiger partial charge in [-0.3, -0.25) is 9.97 Å². The Hall–Kier alpha value is -1.74. The molecule has 3 heteroatoms. The van der Waals surface area contributed by atoms with Crippen molar-refractivity contribution in [3.63, 3.8) is 0 Å². The molecule has 0 bridgehead atoms. The predicted molar refractivity (Wildman–Crippen MR) is 64.0 cm³/mol. The van der Waals surface area contributed by atoms with Crippen molar-refractivity contribution in [1.82, 2.24) is 15.3 Å². The van der Waals surface area contributed by atoms with Gasteiger partial charge < -0.3 is 5.32 Å². The average molecular weight is 213 g/mol. The van der Waals surface area contributed by atoms with Gasteiger partial charge in [0, 0.05) is 36.7 Å². The number of aromatic nitrogens is 2. The molecule has 3 nitrogen and oxygen atoms in total. The van der Waals surface area contributed by atoms with E-state index in [-0.39, 0.29) is 6.04 Å². The van der Waals surface area contributed by atoms with Crippen molar-refractivity contribution in [2.45, 2.75) is 12.5 Å². The maximum Gasteiger partial charge on any atom is 0.0422 e. The lowest BCUT2D eigenvalue weighted by Gasteiger charge is -2.15. The van der Waals surface area contributed by atoms with Crippen LogP contribution in [0.15, 0.2) is 48.9 Å². The van der Waals surface area contributed by atoms with Gasteiger partial charge in [-0.2, -0.15) is 0 Å². The second kappa shape index (κ2) is 5.37. The van der Waals surface area contributed by atoms with Crippen LogP contribution in [0, 0.1) is 0 Å². The van der Waals surface area contributed by atoms with Crippen LogP contribution in [-0.4, -0.2) is 17.0 Å². The first-order valence-electron chi connectivity index (χ1n) is 5.37. The molecule has 0 radical (unpaired) electrons. The number of hydrogen-bond donors (Lipinski definition) is 1. The van der Waals surface area contributed by atoms with Crippen LogP contribution in [0.2, 0.25) is 0 Å². The molecule has 2 aromatic heterocycles. The molecule has 1 unspecified atom stereocenters. The van der Waals surface area contributed by atoms with E-state index < -0.39 is 0 Å². The number of nitrogens with zero attached hydrogens (tertiary/aromatic N) is 2. The predicted octanol–water partition coefficient (Wildman–Crippen LogP) is 1.98. The maximum absolute atomic E-state index is 4.33. The molecular weight excluding hydrogens is 198 g/mol. The molecule has 0 fully saturated rings. The van der Waals surface area contributed by atoms with Crippen LogP contribution in [0.1, 0.15) is 17.3 Å². The Morgan fingerprint density at radius 2 is 2.12 bits per heavy atom. The fraction of sp³-hybridized carbons (Fsp3) is 0.231. The summed E-state index contributed by atoms with van der Waals surface area (Å²) >= 11 is 0. The van der Waals surface area contributed by atoms with E-state index in [9.17, 15) is 0 Å². The molecule has 16 heavy (non-hydrogen) atoms. The Bertz CT molecular complexity index is 414. The summed E-state index contributed by atoms with van der Waals surface area (Å²) in [6.07, 6.45) is 6.38. The standard InChI is InChI=1S/C13H15N3/c1-14-13(11-5-4-7-15-10-11)9-12-6-2-3-8-16-12/h2-8,10,13-14H,9H2,1H3. The number of hydrogen-bond acceptors (Lipinski definition) is 3. The van der Waals surface area contributed by atoms with Gasteiger partial charge in [0.2, 0.25) is 0 Å². The van der Waals surface area contributed by atoms with Crippen molar-refractivity contribution >= 4 is 0 Å². The molecule has 0 saturated heterocycles. The number of likely N-dealkylation sites (N-methyl/N-ethyl adjacent to an activating group) is 1. The minimum Gasteiger partial charge on any atom is -0.313 e. The average Bonchev–Trinajstić information content (AvgIpc) is 2.38. The van der Waals surface area contributed by atoms with Crippen LogP contribution in [0.4, 0.5) is 0 Å². The highest BCUT2D eigenvalue weighted by Gasteiger charge is 2.10. The molecule has 82 valence electrons. The molecule has 0 saturated carbocycles. The molecule has 2 aromatic rings. The summed E-state index contributed by atoms with van der Waals surface area (Å²) in [5.41, 5.74) is 2.28. The molecular formula is C13H15N3. The first-order chi connectivity index (χ1) is 7.90. The van der Waals surface area contributed by atoms with Crippen LogP contribution in [0.5, 0.6) is 0 Å². The molecule has 2 rings (SSSR count). The van der Waals surface area contributed by atoms with Gasteiger partial charge in [-0.05, 0) is 30.8 Å². The van der Waals surface area contributed by atoms with Crippen molar-refractivity contribution in [1.29, 1.82) is 0 Å². The minimum absolute atomic E-state index is 0.267. The highest BCUT2D eigenvalue weighted by Crippen LogP contribution is 2.15. The Balaban J connectivity index is 2.13. The zero-order chi connectivity index (χ0) is 11.2. The van der Waals surface area contributed by atoms with Crippen LogP contribution in [0.3, 0.4) is 0 Å². The van der Waals surface area contributed by atoms with Gasteiger partial charge in [0.1, 0.15) is 0 Å². The van der Waals surface area contributed by atoms with Crippen LogP contribution >= 0.6 is 0 Å². The minimum atomic E-state index is 0.267. The van der Waals surface area contributed by atoms with E-state index in [1.807, 2.05) is 43.7 Å². The lowest BCUT2D eigenvalue weighted by atomic mass is 10.0. The highest BCUT2D eigenvalue weighted by molar-refractivity contribution is 5.17. The fourth-order valence-electron chi connectivity index (χ4n) is 1.70. The van der Waals surface area contributed by atoms with Gasteiger partial charge in [0.15, 0.2) is 0 Å². The molecule has 1 N–H and O–H groups in total. The smallest absolute Gasteiger partial charge is 0.0422 e. The fourth-order valence-corrected chi connectivity index (χ4v) is 1.70. The third kappa shape index (κ3) is 2.64. The van der Waals surface area contributed by atoms with Gasteiger partial charge in [0.05, 0.1) is 0 Å². The Morgan fingerprint density at radius 3 is 2.75 bits per heavy atom. The largest absolute Gasteiger partial charge is 0.313 e. The Labute approximate surface area is 95.6 Å². The summed E-state index contributed by atoms with van der Waals surface area (Å²) in [5.74, 6) is 0. The maximum atomic E-state index is 4.33. The number of nitrogens with one attached hydrogen (secondary N) is 1. The number of pyridine rings is 2. The van der Waals surface area contributed by atoms with Crippen LogP contribution in [-0.2, 0) is 6.42 Å². The highest BCUT2D eigenvalue weighted by atomic mass is 14.9. The zero-order valence-electron chi connectivity index (χ0n) is 9.30. The lowest BCUT2D eigenvalue weighted by molar-refractivity contribution is 0.582. The molecule has 0 aliphatic rings. The first kappa shape index (κ1) is 10.8. The van der Waals surface area contributed by atoms with E-state index in [0.29, 0.717) is 0 Å². The summed E-state index contributed by atoms with van der Waals surface area (Å²) in [5, 5.41) is 3.29. The third-order valence-electron chi connectivity index (χ3n) is 2.57. The van der Waals surface area contributed by atoms with Crippen molar-refractivity contribution in [3.05, 3.63) is 60.2 Å². The van der Waals surface area contributed by atoms with Crippen molar-refractivity contribution in [2.24, 2.45) is 0 Å². The normalized spacial score (nSPS) is 12.3. The second-order valence-corrected chi connectivity index (χ2v) is 3.65. The van der Waals surface area contributed by atoms with Gasteiger partial charge in [-0.25, -0.2) is 0 Å². The molecule has 2 heterocycles. The van der Waals surface area contributed by atoms with Gasteiger partial charge >= 0.3 is 0 Å². The van der Waals surface area contributed by atoms with Gasteiger partial charge in [-0.1, -0.05) is 12.1 Å². The zero-order valence-corrected chi connectivity index (χ0v) is 9.30. The summed E-state index contributed by atoms with van der Waals surface area (Å²) in [6.45, 7) is 0. The van der Waals surface area contributed by atoms with E-state index in [1.54, 1.807) is 6.20 Å². The Morgan fingerprint density at radius 1 is 1.19 bits per heavy atom. The van der Waals surface area contributed by atoms with E-state index >= 15 is 0 Å².